The fraction of sp³-hybridized carbons (Fsp3) is 0.188. The zero-order valence-corrected chi connectivity index (χ0v) is 15.6. The maximum atomic E-state index is 12.4. The van der Waals surface area contributed by atoms with E-state index in [1.54, 1.807) is 18.2 Å². The Morgan fingerprint density at radius 3 is 2.33 bits per heavy atom. The Kier molecular flexibility index (Phi) is 5.42. The minimum absolute atomic E-state index is 0.159. The molecular weight excluding hydrogens is 371 g/mol. The van der Waals surface area contributed by atoms with Crippen molar-refractivity contribution in [3.8, 4) is 0 Å². The van der Waals surface area contributed by atoms with Crippen LogP contribution in [0.4, 0.5) is 11.4 Å². The first-order chi connectivity index (χ1) is 11.1. The van der Waals surface area contributed by atoms with Gasteiger partial charge in [0.25, 0.3) is 5.91 Å². The predicted molar refractivity (Wildman–Crippen MR) is 98.8 cm³/mol. The van der Waals surface area contributed by atoms with Gasteiger partial charge in [-0.15, -0.1) is 0 Å². The third kappa shape index (κ3) is 4.20. The third-order valence-corrected chi connectivity index (χ3v) is 5.25. The molecule has 0 radical (unpaired) electrons. The van der Waals surface area contributed by atoms with Gasteiger partial charge < -0.3 is 5.32 Å². The number of nitrogens with zero attached hydrogens (tertiary/aromatic N) is 1. The van der Waals surface area contributed by atoms with Crippen LogP contribution in [-0.2, 0) is 10.0 Å². The Morgan fingerprint density at radius 1 is 1.12 bits per heavy atom. The normalized spacial score (nSPS) is 11.2. The Labute approximate surface area is 151 Å². The molecule has 5 nitrogen and oxygen atoms in total. The van der Waals surface area contributed by atoms with Crippen molar-refractivity contribution in [3.63, 3.8) is 0 Å². The quantitative estimate of drug-likeness (QED) is 0.864. The number of rotatable bonds is 4. The Hall–Kier alpha value is -1.76. The van der Waals surface area contributed by atoms with Crippen molar-refractivity contribution in [2.45, 2.75) is 6.92 Å². The van der Waals surface area contributed by atoms with Crippen molar-refractivity contribution in [1.82, 2.24) is 0 Å². The number of aryl methyl sites for hydroxylation is 1. The summed E-state index contributed by atoms with van der Waals surface area (Å²) in [6.07, 6.45) is 1.09. The average molecular weight is 387 g/mol. The molecular formula is C16H16Cl2N2O3S. The number of carbonyl (C=O) groups is 1. The van der Waals surface area contributed by atoms with Gasteiger partial charge in [-0.05, 0) is 48.9 Å². The zero-order valence-electron chi connectivity index (χ0n) is 13.3. The first-order valence-corrected chi connectivity index (χ1v) is 9.51. The number of carbonyl (C=O) groups excluding carboxylic acids is 1. The van der Waals surface area contributed by atoms with Gasteiger partial charge in [-0.3, -0.25) is 9.10 Å². The molecule has 2 aromatic carbocycles. The van der Waals surface area contributed by atoms with Crippen LogP contribution in [0.1, 0.15) is 15.9 Å². The number of sulfonamides is 1. The van der Waals surface area contributed by atoms with E-state index in [0.29, 0.717) is 16.4 Å². The number of halogens is 2. The molecule has 0 aliphatic rings. The summed E-state index contributed by atoms with van der Waals surface area (Å²) in [6.45, 7) is 1.83. The van der Waals surface area contributed by atoms with Gasteiger partial charge in [-0.2, -0.15) is 0 Å². The number of anilines is 2. The lowest BCUT2D eigenvalue weighted by Gasteiger charge is -2.17. The Morgan fingerprint density at radius 2 is 1.79 bits per heavy atom. The van der Waals surface area contributed by atoms with Crippen LogP contribution in [0.15, 0.2) is 36.4 Å². The summed E-state index contributed by atoms with van der Waals surface area (Å²) in [5, 5.41) is 3.50. The average Bonchev–Trinajstić information content (AvgIpc) is 2.48. The van der Waals surface area contributed by atoms with Crippen molar-refractivity contribution in [2.75, 3.05) is 22.9 Å². The minimum Gasteiger partial charge on any atom is -0.322 e. The van der Waals surface area contributed by atoms with Gasteiger partial charge in [-0.25, -0.2) is 8.42 Å². The molecule has 0 aromatic heterocycles. The lowest BCUT2D eigenvalue weighted by atomic mass is 10.1. The first-order valence-electron chi connectivity index (χ1n) is 6.90. The zero-order chi connectivity index (χ0) is 18.1. The second kappa shape index (κ2) is 7.01. The molecule has 0 bridgehead atoms. The molecule has 0 spiro atoms. The maximum Gasteiger partial charge on any atom is 0.257 e. The smallest absolute Gasteiger partial charge is 0.257 e. The molecule has 8 heteroatoms. The van der Waals surface area contributed by atoms with Crippen LogP contribution in [0.25, 0.3) is 0 Å². The molecule has 0 aliphatic heterocycles. The second-order valence-electron chi connectivity index (χ2n) is 5.31. The first kappa shape index (κ1) is 18.6. The highest BCUT2D eigenvalue weighted by Gasteiger charge is 2.16. The molecule has 24 heavy (non-hydrogen) atoms. The van der Waals surface area contributed by atoms with E-state index >= 15 is 0 Å². The van der Waals surface area contributed by atoms with Crippen LogP contribution in [0.5, 0.6) is 0 Å². The number of nitrogens with one attached hydrogen (secondary N) is 1. The molecule has 1 amide bonds. The summed E-state index contributed by atoms with van der Waals surface area (Å²) in [5.74, 6) is -0.390. The minimum atomic E-state index is -3.40. The molecule has 0 fully saturated rings. The Balaban J connectivity index is 2.27. The molecule has 0 saturated carbocycles. The lowest BCUT2D eigenvalue weighted by Crippen LogP contribution is -2.25. The van der Waals surface area contributed by atoms with E-state index in [1.807, 2.05) is 6.92 Å². The molecule has 1 N–H and O–H groups in total. The largest absolute Gasteiger partial charge is 0.322 e. The topological polar surface area (TPSA) is 66.5 Å². The molecule has 2 aromatic rings. The molecule has 0 unspecified atom stereocenters. The summed E-state index contributed by atoms with van der Waals surface area (Å²) >= 11 is 12.0. The SMILES string of the molecule is Cc1cc(Cl)ccc1NC(=O)c1ccc(N(C)S(C)(=O)=O)cc1Cl. The number of hydrogen-bond acceptors (Lipinski definition) is 3. The number of benzene rings is 2. The van der Waals surface area contributed by atoms with Crippen molar-refractivity contribution in [1.29, 1.82) is 0 Å². The van der Waals surface area contributed by atoms with Crippen LogP contribution < -0.4 is 9.62 Å². The van der Waals surface area contributed by atoms with Gasteiger partial charge in [-0.1, -0.05) is 23.2 Å². The van der Waals surface area contributed by atoms with Crippen LogP contribution in [0.2, 0.25) is 10.0 Å². The van der Waals surface area contributed by atoms with E-state index in [0.717, 1.165) is 16.1 Å². The Bertz CT molecular complexity index is 898. The molecule has 0 atom stereocenters. The highest BCUT2D eigenvalue weighted by molar-refractivity contribution is 7.92. The molecule has 0 heterocycles. The predicted octanol–water partition coefficient (Wildman–Crippen LogP) is 3.95. The van der Waals surface area contributed by atoms with E-state index in [4.69, 9.17) is 23.2 Å². The van der Waals surface area contributed by atoms with Crippen molar-refractivity contribution >= 4 is 50.5 Å². The van der Waals surface area contributed by atoms with Crippen molar-refractivity contribution in [2.24, 2.45) is 0 Å². The fourth-order valence-corrected chi connectivity index (χ4v) is 3.02. The van der Waals surface area contributed by atoms with Crippen LogP contribution >= 0.6 is 23.2 Å². The van der Waals surface area contributed by atoms with Gasteiger partial charge in [0.15, 0.2) is 0 Å². The third-order valence-electron chi connectivity index (χ3n) is 3.50. The van der Waals surface area contributed by atoms with Crippen molar-refractivity contribution in [3.05, 3.63) is 57.6 Å². The van der Waals surface area contributed by atoms with E-state index < -0.39 is 10.0 Å². The summed E-state index contributed by atoms with van der Waals surface area (Å²) < 4.78 is 24.2. The number of amides is 1. The van der Waals surface area contributed by atoms with E-state index in [-0.39, 0.29) is 16.5 Å². The standard InChI is InChI=1S/C16H16Cl2N2O3S/c1-10-8-11(17)4-7-15(10)19-16(21)13-6-5-12(9-14(13)18)20(2)24(3,22)23/h4-9H,1-3H3,(H,19,21). The van der Waals surface area contributed by atoms with Crippen LogP contribution in [0.3, 0.4) is 0 Å². The van der Waals surface area contributed by atoms with Gasteiger partial charge in [0.2, 0.25) is 10.0 Å². The van der Waals surface area contributed by atoms with E-state index in [9.17, 15) is 13.2 Å². The lowest BCUT2D eigenvalue weighted by molar-refractivity contribution is 0.102. The summed E-state index contributed by atoms with van der Waals surface area (Å²) in [7, 11) is -1.99. The van der Waals surface area contributed by atoms with Gasteiger partial charge >= 0.3 is 0 Å². The summed E-state index contributed by atoms with van der Waals surface area (Å²) in [5.41, 5.74) is 2.07. The number of hydrogen-bond donors (Lipinski definition) is 1. The van der Waals surface area contributed by atoms with Gasteiger partial charge in [0.05, 0.1) is 22.5 Å². The summed E-state index contributed by atoms with van der Waals surface area (Å²) in [4.78, 5) is 12.4. The summed E-state index contributed by atoms with van der Waals surface area (Å²) in [6, 6.07) is 9.57. The monoisotopic (exact) mass is 386 g/mol. The molecule has 0 aliphatic carbocycles. The highest BCUT2D eigenvalue weighted by Crippen LogP contribution is 2.26. The van der Waals surface area contributed by atoms with Crippen molar-refractivity contribution < 1.29 is 13.2 Å². The second-order valence-corrected chi connectivity index (χ2v) is 8.17. The van der Waals surface area contributed by atoms with Crippen LogP contribution in [0, 0.1) is 6.92 Å². The van der Waals surface area contributed by atoms with Crippen LogP contribution in [-0.4, -0.2) is 27.6 Å². The molecule has 0 saturated heterocycles. The molecule has 2 rings (SSSR count). The van der Waals surface area contributed by atoms with Gasteiger partial charge in [0, 0.05) is 17.8 Å². The fourth-order valence-electron chi connectivity index (χ4n) is 2.03. The van der Waals surface area contributed by atoms with Gasteiger partial charge in [0.1, 0.15) is 0 Å². The van der Waals surface area contributed by atoms with E-state index in [2.05, 4.69) is 5.32 Å². The molecule has 128 valence electrons. The maximum absolute atomic E-state index is 12.4. The highest BCUT2D eigenvalue weighted by atomic mass is 35.5. The van der Waals surface area contributed by atoms with E-state index in [1.165, 1.54) is 25.2 Å².